The van der Waals surface area contributed by atoms with Crippen molar-refractivity contribution in [1.82, 2.24) is 0 Å². The Balaban J connectivity index is 2.29. The molecule has 3 heteroatoms. The molecule has 0 heterocycles. The van der Waals surface area contributed by atoms with E-state index in [0.717, 1.165) is 22.9 Å². The maximum Gasteiger partial charge on any atom is 0.329 e. The first-order chi connectivity index (χ1) is 8.77. The van der Waals surface area contributed by atoms with Gasteiger partial charge in [-0.25, -0.2) is 4.79 Å². The molecule has 2 aromatic rings. The normalized spacial score (nSPS) is 10.4. The highest BCUT2D eigenvalue weighted by Gasteiger charge is 2.01. The highest BCUT2D eigenvalue weighted by molar-refractivity contribution is 5.82. The molecule has 0 radical (unpaired) electrons. The minimum absolute atomic E-state index is 0.876. The molecule has 0 saturated heterocycles. The number of anilines is 1. The summed E-state index contributed by atoms with van der Waals surface area (Å²) < 4.78 is 0. The predicted molar refractivity (Wildman–Crippen MR) is 72.3 cm³/mol. The van der Waals surface area contributed by atoms with Crippen LogP contribution in [0.3, 0.4) is 0 Å². The molecule has 0 aliphatic rings. The maximum atomic E-state index is 10.4. The van der Waals surface area contributed by atoms with Gasteiger partial charge in [-0.1, -0.05) is 48.5 Å². The summed E-state index contributed by atoms with van der Waals surface area (Å²) in [7, 11) is 0. The molecule has 0 spiro atoms. The van der Waals surface area contributed by atoms with Crippen molar-refractivity contribution in [2.24, 2.45) is 0 Å². The molecular weight excluding hydrogens is 226 g/mol. The lowest BCUT2D eigenvalue weighted by Crippen LogP contribution is -1.94. The largest absolute Gasteiger partial charge is 0.478 e. The average Bonchev–Trinajstić information content (AvgIpc) is 2.40. The Labute approximate surface area is 105 Å². The van der Waals surface area contributed by atoms with Gasteiger partial charge in [-0.15, -0.1) is 0 Å². The summed E-state index contributed by atoms with van der Waals surface area (Å²) in [6, 6.07) is 17.7. The van der Waals surface area contributed by atoms with E-state index in [0.29, 0.717) is 0 Å². The highest BCUT2D eigenvalue weighted by atomic mass is 16.4. The number of para-hydroxylation sites is 1. The molecular formula is C15H13NO2. The van der Waals surface area contributed by atoms with Crippen molar-refractivity contribution in [3.8, 4) is 11.1 Å². The third-order valence-corrected chi connectivity index (χ3v) is 2.48. The second-order valence-electron chi connectivity index (χ2n) is 3.73. The Kier molecular flexibility index (Phi) is 3.76. The number of hydrogen-bond acceptors (Lipinski definition) is 2. The molecule has 90 valence electrons. The zero-order valence-electron chi connectivity index (χ0n) is 9.71. The minimum Gasteiger partial charge on any atom is -0.478 e. The van der Waals surface area contributed by atoms with Crippen LogP contribution in [0.5, 0.6) is 0 Å². The Hall–Kier alpha value is -2.55. The number of nitrogens with one attached hydrogen (secondary N) is 1. The van der Waals surface area contributed by atoms with E-state index in [1.165, 1.54) is 6.20 Å². The summed E-state index contributed by atoms with van der Waals surface area (Å²) in [6.45, 7) is 0. The molecule has 0 unspecified atom stereocenters. The standard InChI is InChI=1S/C15H13NO2/c17-15(18)10-11-16-14-9-5-4-8-13(14)12-6-2-1-3-7-12/h1-11,16H,(H,17,18)/b11-10+. The molecule has 18 heavy (non-hydrogen) atoms. The van der Waals surface area contributed by atoms with Crippen LogP contribution in [-0.2, 0) is 4.79 Å². The average molecular weight is 239 g/mol. The molecule has 2 rings (SSSR count). The number of benzene rings is 2. The van der Waals surface area contributed by atoms with Crippen molar-refractivity contribution >= 4 is 11.7 Å². The number of carboxylic acids is 1. The van der Waals surface area contributed by atoms with Crippen LogP contribution >= 0.6 is 0 Å². The fraction of sp³-hybridized carbons (Fsp3) is 0. The Morgan fingerprint density at radius 1 is 1.00 bits per heavy atom. The lowest BCUT2D eigenvalue weighted by Gasteiger charge is -2.08. The Morgan fingerprint density at radius 3 is 2.39 bits per heavy atom. The first kappa shape index (κ1) is 11.9. The predicted octanol–water partition coefficient (Wildman–Crippen LogP) is 3.36. The second-order valence-corrected chi connectivity index (χ2v) is 3.73. The maximum absolute atomic E-state index is 10.4. The molecule has 3 nitrogen and oxygen atoms in total. The van der Waals surface area contributed by atoms with E-state index < -0.39 is 5.97 Å². The van der Waals surface area contributed by atoms with Crippen LogP contribution in [0.25, 0.3) is 11.1 Å². The van der Waals surface area contributed by atoms with Gasteiger partial charge in [0.2, 0.25) is 0 Å². The number of hydrogen-bond donors (Lipinski definition) is 2. The molecule has 2 N–H and O–H groups in total. The van der Waals surface area contributed by atoms with E-state index in [2.05, 4.69) is 5.32 Å². The van der Waals surface area contributed by atoms with Crippen molar-refractivity contribution in [1.29, 1.82) is 0 Å². The first-order valence-corrected chi connectivity index (χ1v) is 5.58. The van der Waals surface area contributed by atoms with Gasteiger partial charge in [-0.3, -0.25) is 0 Å². The van der Waals surface area contributed by atoms with Gasteiger partial charge in [-0.2, -0.15) is 0 Å². The van der Waals surface area contributed by atoms with Crippen molar-refractivity contribution in [2.75, 3.05) is 5.32 Å². The molecule has 2 aromatic carbocycles. The first-order valence-electron chi connectivity index (χ1n) is 5.58. The number of rotatable bonds is 4. The lowest BCUT2D eigenvalue weighted by molar-refractivity contribution is -0.131. The summed E-state index contributed by atoms with van der Waals surface area (Å²) in [5.41, 5.74) is 3.00. The Morgan fingerprint density at radius 2 is 1.67 bits per heavy atom. The molecule has 0 bridgehead atoms. The zero-order valence-corrected chi connectivity index (χ0v) is 9.71. The van der Waals surface area contributed by atoms with Crippen molar-refractivity contribution in [3.05, 3.63) is 66.9 Å². The van der Waals surface area contributed by atoms with E-state index in [1.807, 2.05) is 54.6 Å². The quantitative estimate of drug-likeness (QED) is 0.804. The second kappa shape index (κ2) is 5.68. The zero-order chi connectivity index (χ0) is 12.8. The Bertz CT molecular complexity index is 562. The van der Waals surface area contributed by atoms with E-state index in [4.69, 9.17) is 5.11 Å². The van der Waals surface area contributed by atoms with E-state index in [9.17, 15) is 4.79 Å². The fourth-order valence-corrected chi connectivity index (χ4v) is 1.68. The van der Waals surface area contributed by atoms with Crippen LogP contribution < -0.4 is 5.32 Å². The SMILES string of the molecule is O=C(O)/C=C/Nc1ccccc1-c1ccccc1. The summed E-state index contributed by atoms with van der Waals surface area (Å²) in [5, 5.41) is 11.5. The molecule has 0 fully saturated rings. The third kappa shape index (κ3) is 2.98. The number of carboxylic acid groups (broad SMARTS) is 1. The molecule has 0 atom stereocenters. The summed E-state index contributed by atoms with van der Waals surface area (Å²) in [5.74, 6) is -0.973. The van der Waals surface area contributed by atoms with Gasteiger partial charge in [0.15, 0.2) is 0 Å². The summed E-state index contributed by atoms with van der Waals surface area (Å²) in [4.78, 5) is 10.4. The summed E-state index contributed by atoms with van der Waals surface area (Å²) >= 11 is 0. The van der Waals surface area contributed by atoms with E-state index in [1.54, 1.807) is 0 Å². The van der Waals surface area contributed by atoms with E-state index >= 15 is 0 Å². The molecule has 0 aromatic heterocycles. The van der Waals surface area contributed by atoms with Gasteiger partial charge < -0.3 is 10.4 Å². The smallest absolute Gasteiger partial charge is 0.329 e. The van der Waals surface area contributed by atoms with Crippen LogP contribution in [0.2, 0.25) is 0 Å². The fourth-order valence-electron chi connectivity index (χ4n) is 1.68. The van der Waals surface area contributed by atoms with E-state index in [-0.39, 0.29) is 0 Å². The monoisotopic (exact) mass is 239 g/mol. The van der Waals surface area contributed by atoms with Gasteiger partial charge in [-0.05, 0) is 11.6 Å². The van der Waals surface area contributed by atoms with Crippen molar-refractivity contribution in [2.45, 2.75) is 0 Å². The molecule has 0 amide bonds. The van der Waals surface area contributed by atoms with Gasteiger partial charge in [0.1, 0.15) is 0 Å². The number of carbonyl (C=O) groups is 1. The van der Waals surface area contributed by atoms with Crippen LogP contribution in [0.4, 0.5) is 5.69 Å². The van der Waals surface area contributed by atoms with Gasteiger partial charge in [0.25, 0.3) is 0 Å². The van der Waals surface area contributed by atoms with Gasteiger partial charge >= 0.3 is 5.97 Å². The minimum atomic E-state index is -0.973. The number of aliphatic carboxylic acids is 1. The molecule has 0 saturated carbocycles. The summed E-state index contributed by atoms with van der Waals surface area (Å²) in [6.07, 6.45) is 2.49. The van der Waals surface area contributed by atoms with Crippen molar-refractivity contribution < 1.29 is 9.90 Å². The van der Waals surface area contributed by atoms with Crippen LogP contribution in [-0.4, -0.2) is 11.1 Å². The van der Waals surface area contributed by atoms with Gasteiger partial charge in [0.05, 0.1) is 0 Å². The lowest BCUT2D eigenvalue weighted by atomic mass is 10.0. The van der Waals surface area contributed by atoms with Crippen molar-refractivity contribution in [3.63, 3.8) is 0 Å². The topological polar surface area (TPSA) is 49.3 Å². The van der Waals surface area contributed by atoms with Crippen LogP contribution in [0, 0.1) is 0 Å². The van der Waals surface area contributed by atoms with Crippen LogP contribution in [0.1, 0.15) is 0 Å². The third-order valence-electron chi connectivity index (χ3n) is 2.48. The molecule has 0 aliphatic heterocycles. The van der Waals surface area contributed by atoms with Crippen LogP contribution in [0.15, 0.2) is 66.9 Å². The molecule has 0 aliphatic carbocycles. The highest BCUT2D eigenvalue weighted by Crippen LogP contribution is 2.27. The van der Waals surface area contributed by atoms with Gasteiger partial charge in [0, 0.05) is 23.5 Å².